The van der Waals surface area contributed by atoms with Crippen LogP contribution in [0.15, 0.2) is 33.6 Å². The first-order chi connectivity index (χ1) is 10.9. The first kappa shape index (κ1) is 18.8. The van der Waals surface area contributed by atoms with Gasteiger partial charge in [-0.15, -0.1) is 11.8 Å². The highest BCUT2D eigenvalue weighted by Crippen LogP contribution is 2.23. The highest BCUT2D eigenvalue weighted by Gasteiger charge is 2.34. The van der Waals surface area contributed by atoms with E-state index in [1.807, 2.05) is 24.3 Å². The summed E-state index contributed by atoms with van der Waals surface area (Å²) in [6, 6.07) is 7.69. The average Bonchev–Trinajstić information content (AvgIpc) is 2.87. The molecule has 1 heterocycles. The summed E-state index contributed by atoms with van der Waals surface area (Å²) in [5.41, 5.74) is 0. The van der Waals surface area contributed by atoms with Crippen LogP contribution in [0.4, 0.5) is 0 Å². The number of thioether (sulfide) groups is 1. The monoisotopic (exact) mass is 419 g/mol. The Morgan fingerprint density at radius 3 is 2.61 bits per heavy atom. The zero-order valence-electron chi connectivity index (χ0n) is 13.2. The zero-order chi connectivity index (χ0) is 16.9. The van der Waals surface area contributed by atoms with Crippen molar-refractivity contribution in [2.75, 3.05) is 23.8 Å². The van der Waals surface area contributed by atoms with Gasteiger partial charge in [0.25, 0.3) is 0 Å². The molecular formula is C16H22BrNO3S2. The summed E-state index contributed by atoms with van der Waals surface area (Å²) in [7, 11) is -2.98. The number of nitrogens with zero attached hydrogens (tertiary/aromatic N) is 1. The Morgan fingerprint density at radius 2 is 2.04 bits per heavy atom. The van der Waals surface area contributed by atoms with Crippen LogP contribution < -0.4 is 0 Å². The van der Waals surface area contributed by atoms with Crippen LogP contribution in [0, 0.1) is 0 Å². The SMILES string of the molecule is CCCCN(C(=O)CSc1ccc(Br)cc1)C1CCS(=O)(=O)C1. The second-order valence-electron chi connectivity index (χ2n) is 5.74. The molecule has 0 spiro atoms. The highest BCUT2D eigenvalue weighted by molar-refractivity contribution is 9.10. The number of carbonyl (C=O) groups is 1. The molecule has 128 valence electrons. The van der Waals surface area contributed by atoms with Crippen molar-refractivity contribution in [3.8, 4) is 0 Å². The van der Waals surface area contributed by atoms with Crippen LogP contribution in [0.2, 0.25) is 0 Å². The molecule has 1 atom stereocenters. The molecule has 0 bridgehead atoms. The molecule has 0 aromatic heterocycles. The third-order valence-electron chi connectivity index (χ3n) is 3.90. The molecule has 4 nitrogen and oxygen atoms in total. The lowest BCUT2D eigenvalue weighted by atomic mass is 10.2. The molecule has 1 aromatic rings. The molecule has 0 aliphatic carbocycles. The molecule has 1 amide bonds. The number of amides is 1. The van der Waals surface area contributed by atoms with E-state index < -0.39 is 9.84 Å². The van der Waals surface area contributed by atoms with E-state index in [2.05, 4.69) is 22.9 Å². The smallest absolute Gasteiger partial charge is 0.233 e. The fourth-order valence-corrected chi connectivity index (χ4v) is 5.40. The van der Waals surface area contributed by atoms with Crippen LogP contribution in [-0.4, -0.2) is 49.1 Å². The molecule has 2 rings (SSSR count). The topological polar surface area (TPSA) is 54.5 Å². The van der Waals surface area contributed by atoms with Crippen molar-refractivity contribution in [1.29, 1.82) is 0 Å². The number of sulfone groups is 1. The Bertz CT molecular complexity index is 631. The number of rotatable bonds is 7. The maximum absolute atomic E-state index is 12.6. The minimum atomic E-state index is -2.98. The van der Waals surface area contributed by atoms with Gasteiger partial charge >= 0.3 is 0 Å². The van der Waals surface area contributed by atoms with Crippen LogP contribution in [0.3, 0.4) is 0 Å². The summed E-state index contributed by atoms with van der Waals surface area (Å²) >= 11 is 4.89. The lowest BCUT2D eigenvalue weighted by Crippen LogP contribution is -2.42. The summed E-state index contributed by atoms with van der Waals surface area (Å²) < 4.78 is 24.4. The molecule has 1 aliphatic rings. The number of benzene rings is 1. The van der Waals surface area contributed by atoms with Gasteiger partial charge in [0.15, 0.2) is 9.84 Å². The van der Waals surface area contributed by atoms with Gasteiger partial charge in [-0.1, -0.05) is 29.3 Å². The Morgan fingerprint density at radius 1 is 1.35 bits per heavy atom. The van der Waals surface area contributed by atoms with Gasteiger partial charge in [0.1, 0.15) is 0 Å². The zero-order valence-corrected chi connectivity index (χ0v) is 16.4. The third kappa shape index (κ3) is 5.80. The molecule has 0 radical (unpaired) electrons. The Kier molecular flexibility index (Phi) is 6.98. The predicted octanol–water partition coefficient (Wildman–Crippen LogP) is 3.36. The summed E-state index contributed by atoms with van der Waals surface area (Å²) in [6.07, 6.45) is 2.47. The molecule has 0 saturated carbocycles. The summed E-state index contributed by atoms with van der Waals surface area (Å²) in [4.78, 5) is 15.4. The molecule has 1 fully saturated rings. The second kappa shape index (κ2) is 8.53. The van der Waals surface area contributed by atoms with Crippen LogP contribution >= 0.6 is 27.7 Å². The van der Waals surface area contributed by atoms with E-state index in [1.54, 1.807) is 4.90 Å². The molecule has 1 aliphatic heterocycles. The van der Waals surface area contributed by atoms with Crippen molar-refractivity contribution in [2.45, 2.75) is 37.1 Å². The summed E-state index contributed by atoms with van der Waals surface area (Å²) in [5.74, 6) is 0.703. The largest absolute Gasteiger partial charge is 0.338 e. The maximum atomic E-state index is 12.6. The third-order valence-corrected chi connectivity index (χ3v) is 7.17. The van der Waals surface area contributed by atoms with Crippen LogP contribution in [-0.2, 0) is 14.6 Å². The van der Waals surface area contributed by atoms with Crippen molar-refractivity contribution in [2.24, 2.45) is 0 Å². The summed E-state index contributed by atoms with van der Waals surface area (Å²) in [5, 5.41) is 0. The van der Waals surface area contributed by atoms with Crippen LogP contribution in [0.25, 0.3) is 0 Å². The van der Waals surface area contributed by atoms with E-state index in [-0.39, 0.29) is 23.5 Å². The molecule has 7 heteroatoms. The van der Waals surface area contributed by atoms with E-state index in [1.165, 1.54) is 11.8 Å². The van der Waals surface area contributed by atoms with E-state index in [9.17, 15) is 13.2 Å². The molecule has 1 aromatic carbocycles. The van der Waals surface area contributed by atoms with E-state index >= 15 is 0 Å². The lowest BCUT2D eigenvalue weighted by molar-refractivity contribution is -0.130. The van der Waals surface area contributed by atoms with Crippen molar-refractivity contribution in [1.82, 2.24) is 4.90 Å². The van der Waals surface area contributed by atoms with Crippen molar-refractivity contribution >= 4 is 43.4 Å². The first-order valence-corrected chi connectivity index (χ1v) is 11.4. The first-order valence-electron chi connectivity index (χ1n) is 7.79. The van der Waals surface area contributed by atoms with Gasteiger partial charge in [-0.05, 0) is 37.1 Å². The predicted molar refractivity (Wildman–Crippen MR) is 98.5 cm³/mol. The molecular weight excluding hydrogens is 398 g/mol. The summed E-state index contributed by atoms with van der Waals surface area (Å²) in [6.45, 7) is 2.72. The maximum Gasteiger partial charge on any atom is 0.233 e. The van der Waals surface area contributed by atoms with Gasteiger partial charge < -0.3 is 4.90 Å². The van der Waals surface area contributed by atoms with Crippen molar-refractivity contribution in [3.05, 3.63) is 28.7 Å². The molecule has 1 saturated heterocycles. The van der Waals surface area contributed by atoms with E-state index in [0.29, 0.717) is 18.7 Å². The number of unbranched alkanes of at least 4 members (excludes halogenated alkanes) is 1. The quantitative estimate of drug-likeness (QED) is 0.635. The van der Waals surface area contributed by atoms with E-state index in [4.69, 9.17) is 0 Å². The minimum Gasteiger partial charge on any atom is -0.338 e. The fraction of sp³-hybridized carbons (Fsp3) is 0.562. The highest BCUT2D eigenvalue weighted by atomic mass is 79.9. The second-order valence-corrected chi connectivity index (χ2v) is 9.93. The van der Waals surface area contributed by atoms with Crippen molar-refractivity contribution < 1.29 is 13.2 Å². The van der Waals surface area contributed by atoms with Gasteiger partial charge in [0, 0.05) is 22.0 Å². The Hall–Kier alpha value is -0.530. The van der Waals surface area contributed by atoms with Gasteiger partial charge in [0.05, 0.1) is 17.3 Å². The van der Waals surface area contributed by atoms with Gasteiger partial charge in [-0.3, -0.25) is 4.79 Å². The van der Waals surface area contributed by atoms with Crippen molar-refractivity contribution in [3.63, 3.8) is 0 Å². The van der Waals surface area contributed by atoms with Crippen LogP contribution in [0.5, 0.6) is 0 Å². The number of hydrogen-bond acceptors (Lipinski definition) is 4. The number of carbonyl (C=O) groups excluding carboxylic acids is 1. The Balaban J connectivity index is 1.97. The fourth-order valence-electron chi connectivity index (χ4n) is 2.62. The number of halogens is 1. The Labute approximate surface area is 151 Å². The molecule has 1 unspecified atom stereocenters. The lowest BCUT2D eigenvalue weighted by Gasteiger charge is -2.28. The van der Waals surface area contributed by atoms with Gasteiger partial charge in [0.2, 0.25) is 5.91 Å². The van der Waals surface area contributed by atoms with Crippen LogP contribution in [0.1, 0.15) is 26.2 Å². The normalized spacial score (nSPS) is 19.7. The van der Waals surface area contributed by atoms with Gasteiger partial charge in [-0.2, -0.15) is 0 Å². The average molecular weight is 420 g/mol. The van der Waals surface area contributed by atoms with Gasteiger partial charge in [-0.25, -0.2) is 8.42 Å². The molecule has 0 N–H and O–H groups in total. The minimum absolute atomic E-state index is 0.0356. The number of hydrogen-bond donors (Lipinski definition) is 0. The van der Waals surface area contributed by atoms with E-state index in [0.717, 1.165) is 22.2 Å². The standard InChI is InChI=1S/C16H22BrNO3S2/c1-2-3-9-18(14-8-10-23(20,21)12-14)16(19)11-22-15-6-4-13(17)5-7-15/h4-7,14H,2-3,8-12H2,1H3. The molecule has 23 heavy (non-hydrogen) atoms.